The van der Waals surface area contributed by atoms with Gasteiger partial charge in [-0.15, -0.1) is 0 Å². The third-order valence-electron chi connectivity index (χ3n) is 2.30. The van der Waals surface area contributed by atoms with Gasteiger partial charge in [-0.1, -0.05) is 0 Å². The quantitative estimate of drug-likeness (QED) is 0.405. The van der Waals surface area contributed by atoms with E-state index in [9.17, 15) is 4.79 Å². The van der Waals surface area contributed by atoms with Crippen molar-refractivity contribution in [2.45, 2.75) is 39.6 Å². The minimum Gasteiger partial charge on any atom is -0.481 e. The van der Waals surface area contributed by atoms with Gasteiger partial charge < -0.3 is 15.0 Å². The van der Waals surface area contributed by atoms with Crippen LogP contribution in [-0.2, 0) is 9.53 Å². The molecule has 0 spiro atoms. The van der Waals surface area contributed by atoms with E-state index < -0.39 is 13.1 Å². The summed E-state index contributed by atoms with van der Waals surface area (Å²) in [5.74, 6) is 0.575. The smallest absolute Gasteiger partial charge is 0.374 e. The number of carbonyl (C=O) groups excluding carboxylic acids is 1. The second kappa shape index (κ2) is 6.01. The Kier molecular flexibility index (Phi) is 4.95. The molecule has 2 N–H and O–H groups in total. The SMILES string of the molecule is CCOC(=NC(=O)[C@H](C)NB(C)O)C1CC1. The van der Waals surface area contributed by atoms with Gasteiger partial charge in [-0.05, 0) is 33.5 Å². The first-order valence-corrected chi connectivity index (χ1v) is 5.74. The summed E-state index contributed by atoms with van der Waals surface area (Å²) in [6, 6.07) is -0.491. The van der Waals surface area contributed by atoms with Crippen LogP contribution in [0.1, 0.15) is 26.7 Å². The first-order valence-electron chi connectivity index (χ1n) is 5.74. The lowest BCUT2D eigenvalue weighted by Crippen LogP contribution is -2.42. The summed E-state index contributed by atoms with van der Waals surface area (Å²) in [4.78, 5) is 15.6. The molecule has 0 aromatic rings. The summed E-state index contributed by atoms with van der Waals surface area (Å²) in [6.07, 6.45) is 2.09. The number of aliphatic imine (C=N–C) groups is 1. The van der Waals surface area contributed by atoms with Gasteiger partial charge in [-0.3, -0.25) is 4.79 Å². The van der Waals surface area contributed by atoms with E-state index in [2.05, 4.69) is 10.2 Å². The van der Waals surface area contributed by atoms with E-state index in [-0.39, 0.29) is 5.91 Å². The zero-order valence-electron chi connectivity index (χ0n) is 10.1. The lowest BCUT2D eigenvalue weighted by atomic mass is 9.87. The highest BCUT2D eigenvalue weighted by Gasteiger charge is 2.30. The molecule has 16 heavy (non-hydrogen) atoms. The molecule has 0 unspecified atom stereocenters. The first-order chi connectivity index (χ1) is 7.54. The summed E-state index contributed by atoms with van der Waals surface area (Å²) < 4.78 is 5.33. The van der Waals surface area contributed by atoms with E-state index >= 15 is 0 Å². The van der Waals surface area contributed by atoms with Crippen molar-refractivity contribution < 1.29 is 14.6 Å². The van der Waals surface area contributed by atoms with Gasteiger partial charge in [0.15, 0.2) is 5.90 Å². The van der Waals surface area contributed by atoms with Crippen LogP contribution < -0.4 is 5.23 Å². The number of hydrogen-bond donors (Lipinski definition) is 2. The molecule has 0 heterocycles. The average molecular weight is 226 g/mol. The number of rotatable bonds is 5. The number of hydrogen-bond acceptors (Lipinski definition) is 4. The minimum atomic E-state index is -0.717. The fourth-order valence-electron chi connectivity index (χ4n) is 1.36. The average Bonchev–Trinajstić information content (AvgIpc) is 2.99. The summed E-state index contributed by atoms with van der Waals surface area (Å²) in [6.45, 7) is 5.65. The summed E-state index contributed by atoms with van der Waals surface area (Å²) >= 11 is 0. The van der Waals surface area contributed by atoms with Crippen molar-refractivity contribution in [3.63, 3.8) is 0 Å². The Morgan fingerprint density at radius 3 is 2.75 bits per heavy atom. The van der Waals surface area contributed by atoms with Gasteiger partial charge in [0.25, 0.3) is 5.91 Å². The normalized spacial score (nSPS) is 18.1. The predicted octanol–water partition coefficient (Wildman–Crippen LogP) is 0.446. The highest BCUT2D eigenvalue weighted by Crippen LogP contribution is 2.31. The van der Waals surface area contributed by atoms with Crippen LogP contribution in [0.25, 0.3) is 0 Å². The Labute approximate surface area is 96.4 Å². The van der Waals surface area contributed by atoms with E-state index in [0.29, 0.717) is 18.4 Å². The van der Waals surface area contributed by atoms with Crippen molar-refractivity contribution in [3.8, 4) is 0 Å². The molecule has 1 aliphatic carbocycles. The van der Waals surface area contributed by atoms with Gasteiger partial charge in [0.1, 0.15) is 0 Å². The number of nitrogens with zero attached hydrogens (tertiary/aromatic N) is 1. The molecule has 90 valence electrons. The van der Waals surface area contributed by atoms with Crippen molar-refractivity contribution in [1.29, 1.82) is 0 Å². The maximum absolute atomic E-state index is 11.7. The zero-order chi connectivity index (χ0) is 12.1. The molecule has 0 bridgehead atoms. The standard InChI is InChI=1S/C10H19BN2O3/c1-4-16-10(8-5-6-8)12-9(14)7(2)13-11(3)15/h7-8,13,15H,4-6H2,1-3H3/t7-/m0/s1. The van der Waals surface area contributed by atoms with Crippen LogP contribution in [-0.4, -0.2) is 36.5 Å². The van der Waals surface area contributed by atoms with E-state index in [1.807, 2.05) is 6.92 Å². The molecule has 1 atom stereocenters. The summed E-state index contributed by atoms with van der Waals surface area (Å²) in [5, 5.41) is 11.8. The molecule has 1 saturated carbocycles. The van der Waals surface area contributed by atoms with Crippen LogP contribution >= 0.6 is 0 Å². The molecule has 0 saturated heterocycles. The van der Waals surface area contributed by atoms with Crippen molar-refractivity contribution in [3.05, 3.63) is 0 Å². The van der Waals surface area contributed by atoms with E-state index in [1.54, 1.807) is 13.7 Å². The number of ether oxygens (including phenoxy) is 1. The Morgan fingerprint density at radius 1 is 1.69 bits per heavy atom. The molecule has 1 rings (SSSR count). The molecular weight excluding hydrogens is 207 g/mol. The van der Waals surface area contributed by atoms with Crippen LogP contribution in [0.2, 0.25) is 6.82 Å². The molecule has 0 radical (unpaired) electrons. The molecule has 6 heteroatoms. The fourth-order valence-corrected chi connectivity index (χ4v) is 1.36. The number of carbonyl (C=O) groups is 1. The Balaban J connectivity index is 2.53. The van der Waals surface area contributed by atoms with Crippen LogP contribution in [0, 0.1) is 5.92 Å². The molecule has 1 amide bonds. The lowest BCUT2D eigenvalue weighted by molar-refractivity contribution is -0.119. The van der Waals surface area contributed by atoms with Gasteiger partial charge in [0.2, 0.25) is 0 Å². The third-order valence-corrected chi connectivity index (χ3v) is 2.30. The van der Waals surface area contributed by atoms with E-state index in [4.69, 9.17) is 9.76 Å². The lowest BCUT2D eigenvalue weighted by Gasteiger charge is -2.11. The van der Waals surface area contributed by atoms with Crippen LogP contribution in [0.3, 0.4) is 0 Å². The number of amides is 1. The first kappa shape index (κ1) is 13.2. The highest BCUT2D eigenvalue weighted by molar-refractivity contribution is 6.46. The molecule has 1 fully saturated rings. The largest absolute Gasteiger partial charge is 0.481 e. The monoisotopic (exact) mass is 226 g/mol. The van der Waals surface area contributed by atoms with Gasteiger partial charge in [-0.2, -0.15) is 4.99 Å². The predicted molar refractivity (Wildman–Crippen MR) is 63.2 cm³/mol. The second-order valence-electron chi connectivity index (χ2n) is 4.06. The summed E-state index contributed by atoms with van der Waals surface area (Å²) in [7, 11) is -0.717. The molecule has 0 aromatic heterocycles. The molecule has 5 nitrogen and oxygen atoms in total. The number of nitrogens with one attached hydrogen (secondary N) is 1. The Bertz CT molecular complexity index is 277. The third kappa shape index (κ3) is 4.32. The van der Waals surface area contributed by atoms with E-state index in [0.717, 1.165) is 12.8 Å². The van der Waals surface area contributed by atoms with Crippen LogP contribution in [0.4, 0.5) is 0 Å². The maximum Gasteiger partial charge on any atom is 0.374 e. The maximum atomic E-state index is 11.7. The van der Waals surface area contributed by atoms with Crippen molar-refractivity contribution >= 4 is 18.9 Å². The van der Waals surface area contributed by atoms with Crippen molar-refractivity contribution in [2.75, 3.05) is 6.61 Å². The van der Waals surface area contributed by atoms with E-state index in [1.165, 1.54) is 0 Å². The van der Waals surface area contributed by atoms with Gasteiger partial charge in [0.05, 0.1) is 12.6 Å². The highest BCUT2D eigenvalue weighted by atomic mass is 16.5. The Morgan fingerprint density at radius 2 is 2.31 bits per heavy atom. The molecule has 0 aliphatic heterocycles. The molecule has 1 aliphatic rings. The van der Waals surface area contributed by atoms with Gasteiger partial charge >= 0.3 is 7.05 Å². The van der Waals surface area contributed by atoms with Crippen molar-refractivity contribution in [2.24, 2.45) is 10.9 Å². The molecular formula is C10H19BN2O3. The fraction of sp³-hybridized carbons (Fsp3) is 0.800. The minimum absolute atomic E-state index is 0.295. The zero-order valence-corrected chi connectivity index (χ0v) is 10.1. The second-order valence-corrected chi connectivity index (χ2v) is 4.06. The van der Waals surface area contributed by atoms with Crippen molar-refractivity contribution in [1.82, 2.24) is 5.23 Å². The summed E-state index contributed by atoms with van der Waals surface area (Å²) in [5.41, 5.74) is 0. The Hall–Kier alpha value is -0.875. The van der Waals surface area contributed by atoms with Crippen LogP contribution in [0.15, 0.2) is 4.99 Å². The van der Waals surface area contributed by atoms with Gasteiger partial charge in [0, 0.05) is 5.92 Å². The molecule has 0 aromatic carbocycles. The van der Waals surface area contributed by atoms with Gasteiger partial charge in [-0.25, -0.2) is 0 Å². The van der Waals surface area contributed by atoms with Crippen LogP contribution in [0.5, 0.6) is 0 Å². The topological polar surface area (TPSA) is 70.9 Å².